The van der Waals surface area contributed by atoms with E-state index in [2.05, 4.69) is 19.2 Å². The third kappa shape index (κ3) is 4.34. The van der Waals surface area contributed by atoms with E-state index in [1.807, 2.05) is 12.1 Å². The summed E-state index contributed by atoms with van der Waals surface area (Å²) in [6.45, 7) is 5.00. The Morgan fingerprint density at radius 1 is 1.53 bits per heavy atom. The van der Waals surface area contributed by atoms with E-state index >= 15 is 0 Å². The Hall–Kier alpha value is -1.71. The smallest absolute Gasteiger partial charge is 0.321 e. The summed E-state index contributed by atoms with van der Waals surface area (Å²) in [6.07, 6.45) is 1.07. The predicted molar refractivity (Wildman–Crippen MR) is 72.0 cm³/mol. The van der Waals surface area contributed by atoms with Gasteiger partial charge >= 0.3 is 6.03 Å². The molecule has 0 aliphatic carbocycles. The molecule has 1 atom stereocenters. The SMILES string of the molecule is CCC(C)CN(C)C(=O)Nc1cccc(N)c1. The first-order valence-electron chi connectivity index (χ1n) is 5.90. The summed E-state index contributed by atoms with van der Waals surface area (Å²) in [7, 11) is 1.80. The molecule has 17 heavy (non-hydrogen) atoms. The van der Waals surface area contributed by atoms with Gasteiger partial charge in [0.2, 0.25) is 0 Å². The van der Waals surface area contributed by atoms with Crippen molar-refractivity contribution >= 4 is 17.4 Å². The summed E-state index contributed by atoms with van der Waals surface area (Å²) in [5.74, 6) is 0.506. The molecule has 0 spiro atoms. The molecule has 1 aromatic carbocycles. The molecule has 0 saturated carbocycles. The second-order valence-electron chi connectivity index (χ2n) is 4.45. The zero-order chi connectivity index (χ0) is 12.8. The zero-order valence-corrected chi connectivity index (χ0v) is 10.7. The van der Waals surface area contributed by atoms with Crippen LogP contribution in [0.5, 0.6) is 0 Å². The van der Waals surface area contributed by atoms with Crippen LogP contribution in [-0.2, 0) is 0 Å². The van der Waals surface area contributed by atoms with Crippen molar-refractivity contribution in [3.63, 3.8) is 0 Å². The van der Waals surface area contributed by atoms with Crippen LogP contribution in [0.1, 0.15) is 20.3 Å². The molecule has 0 aromatic heterocycles. The monoisotopic (exact) mass is 235 g/mol. The maximum Gasteiger partial charge on any atom is 0.321 e. The van der Waals surface area contributed by atoms with Gasteiger partial charge < -0.3 is 16.0 Å². The molecule has 4 heteroatoms. The highest BCUT2D eigenvalue weighted by atomic mass is 16.2. The van der Waals surface area contributed by atoms with Crippen LogP contribution in [0.3, 0.4) is 0 Å². The first kappa shape index (κ1) is 13.4. The van der Waals surface area contributed by atoms with E-state index in [9.17, 15) is 4.79 Å². The number of nitrogens with zero attached hydrogens (tertiary/aromatic N) is 1. The Morgan fingerprint density at radius 2 is 2.24 bits per heavy atom. The van der Waals surface area contributed by atoms with Crippen molar-refractivity contribution < 1.29 is 4.79 Å². The number of carbonyl (C=O) groups excluding carboxylic acids is 1. The Morgan fingerprint density at radius 3 is 2.82 bits per heavy atom. The van der Waals surface area contributed by atoms with E-state index in [-0.39, 0.29) is 6.03 Å². The molecular formula is C13H21N3O. The lowest BCUT2D eigenvalue weighted by molar-refractivity contribution is 0.215. The fraction of sp³-hybridized carbons (Fsp3) is 0.462. The van der Waals surface area contributed by atoms with E-state index < -0.39 is 0 Å². The molecule has 1 rings (SSSR count). The normalized spacial score (nSPS) is 11.9. The van der Waals surface area contributed by atoms with Gasteiger partial charge in [-0.15, -0.1) is 0 Å². The zero-order valence-electron chi connectivity index (χ0n) is 10.7. The third-order valence-corrected chi connectivity index (χ3v) is 2.77. The molecule has 2 amide bonds. The fourth-order valence-corrected chi connectivity index (χ4v) is 1.51. The minimum Gasteiger partial charge on any atom is -0.399 e. The predicted octanol–water partition coefficient (Wildman–Crippen LogP) is 2.78. The lowest BCUT2D eigenvalue weighted by atomic mass is 10.1. The van der Waals surface area contributed by atoms with Gasteiger partial charge in [-0.1, -0.05) is 26.3 Å². The van der Waals surface area contributed by atoms with Crippen LogP contribution in [0.2, 0.25) is 0 Å². The van der Waals surface area contributed by atoms with Gasteiger partial charge in [0, 0.05) is 25.0 Å². The van der Waals surface area contributed by atoms with Gasteiger partial charge in [0.05, 0.1) is 0 Å². The van der Waals surface area contributed by atoms with Crippen LogP contribution >= 0.6 is 0 Å². The van der Waals surface area contributed by atoms with Crippen LogP contribution in [0, 0.1) is 5.92 Å². The van der Waals surface area contributed by atoms with E-state index in [1.54, 1.807) is 24.1 Å². The quantitative estimate of drug-likeness (QED) is 0.788. The average Bonchev–Trinajstić information content (AvgIpc) is 2.28. The molecule has 0 fully saturated rings. The summed E-state index contributed by atoms with van der Waals surface area (Å²) >= 11 is 0. The van der Waals surface area contributed by atoms with Gasteiger partial charge in [-0.2, -0.15) is 0 Å². The first-order valence-corrected chi connectivity index (χ1v) is 5.90. The summed E-state index contributed by atoms with van der Waals surface area (Å²) in [6, 6.07) is 7.08. The van der Waals surface area contributed by atoms with Crippen LogP contribution in [-0.4, -0.2) is 24.5 Å². The van der Waals surface area contributed by atoms with Crippen molar-refractivity contribution in [2.75, 3.05) is 24.6 Å². The van der Waals surface area contributed by atoms with Gasteiger partial charge in [-0.05, 0) is 24.1 Å². The molecule has 0 heterocycles. The van der Waals surface area contributed by atoms with Gasteiger partial charge in [0.25, 0.3) is 0 Å². The highest BCUT2D eigenvalue weighted by Crippen LogP contribution is 2.12. The molecule has 1 unspecified atom stereocenters. The number of rotatable bonds is 4. The number of benzene rings is 1. The first-order chi connectivity index (χ1) is 8.02. The lowest BCUT2D eigenvalue weighted by Gasteiger charge is -2.21. The topological polar surface area (TPSA) is 58.4 Å². The Labute approximate surface area is 103 Å². The number of nitrogens with two attached hydrogens (primary N) is 1. The van der Waals surface area contributed by atoms with Crippen LogP contribution in [0.15, 0.2) is 24.3 Å². The summed E-state index contributed by atoms with van der Waals surface area (Å²) in [5.41, 5.74) is 7.02. The standard InChI is InChI=1S/C13H21N3O/c1-4-10(2)9-16(3)13(17)15-12-7-5-6-11(14)8-12/h5-8,10H,4,9,14H2,1-3H3,(H,15,17). The van der Waals surface area contributed by atoms with E-state index in [1.165, 1.54) is 0 Å². The molecule has 3 N–H and O–H groups in total. The fourth-order valence-electron chi connectivity index (χ4n) is 1.51. The number of carbonyl (C=O) groups is 1. The minimum absolute atomic E-state index is 0.101. The molecule has 0 saturated heterocycles. The maximum absolute atomic E-state index is 11.8. The Kier molecular flexibility index (Phi) is 4.82. The summed E-state index contributed by atoms with van der Waals surface area (Å²) < 4.78 is 0. The van der Waals surface area contributed by atoms with Crippen molar-refractivity contribution in [1.29, 1.82) is 0 Å². The van der Waals surface area contributed by atoms with Crippen LogP contribution < -0.4 is 11.1 Å². The van der Waals surface area contributed by atoms with Crippen molar-refractivity contribution in [2.24, 2.45) is 5.92 Å². The number of urea groups is 1. The minimum atomic E-state index is -0.101. The van der Waals surface area contributed by atoms with Crippen LogP contribution in [0.25, 0.3) is 0 Å². The largest absolute Gasteiger partial charge is 0.399 e. The number of hydrogen-bond donors (Lipinski definition) is 2. The van der Waals surface area contributed by atoms with Gasteiger partial charge in [0.15, 0.2) is 0 Å². The van der Waals surface area contributed by atoms with E-state index in [4.69, 9.17) is 5.73 Å². The number of hydrogen-bond acceptors (Lipinski definition) is 2. The number of amides is 2. The second-order valence-corrected chi connectivity index (χ2v) is 4.45. The maximum atomic E-state index is 11.8. The molecular weight excluding hydrogens is 214 g/mol. The highest BCUT2D eigenvalue weighted by Gasteiger charge is 2.11. The number of anilines is 2. The summed E-state index contributed by atoms with van der Waals surface area (Å²) in [4.78, 5) is 13.5. The molecule has 0 aliphatic rings. The van der Waals surface area contributed by atoms with E-state index in [0.717, 1.165) is 18.7 Å². The Bertz CT molecular complexity index is 379. The third-order valence-electron chi connectivity index (χ3n) is 2.77. The number of nitrogen functional groups attached to an aromatic ring is 1. The van der Waals surface area contributed by atoms with Crippen molar-refractivity contribution in [3.05, 3.63) is 24.3 Å². The second kappa shape index (κ2) is 6.13. The molecule has 0 bridgehead atoms. The molecule has 0 aliphatic heterocycles. The van der Waals surface area contributed by atoms with Gasteiger partial charge in [0.1, 0.15) is 0 Å². The lowest BCUT2D eigenvalue weighted by Crippen LogP contribution is -2.34. The molecule has 1 aromatic rings. The van der Waals surface area contributed by atoms with Crippen LogP contribution in [0.4, 0.5) is 16.2 Å². The molecule has 0 radical (unpaired) electrons. The van der Waals surface area contributed by atoms with E-state index in [0.29, 0.717) is 11.6 Å². The van der Waals surface area contributed by atoms with Crippen molar-refractivity contribution in [2.45, 2.75) is 20.3 Å². The average molecular weight is 235 g/mol. The highest BCUT2D eigenvalue weighted by molar-refractivity contribution is 5.89. The number of nitrogens with one attached hydrogen (secondary N) is 1. The summed E-state index contributed by atoms with van der Waals surface area (Å²) in [5, 5.41) is 2.82. The molecule has 4 nitrogen and oxygen atoms in total. The van der Waals surface area contributed by atoms with Gasteiger partial charge in [-0.3, -0.25) is 0 Å². The molecule has 94 valence electrons. The van der Waals surface area contributed by atoms with Gasteiger partial charge in [-0.25, -0.2) is 4.79 Å². The van der Waals surface area contributed by atoms with Crippen molar-refractivity contribution in [3.8, 4) is 0 Å². The van der Waals surface area contributed by atoms with Crippen molar-refractivity contribution in [1.82, 2.24) is 4.90 Å². The Balaban J connectivity index is 2.54.